The average Bonchev–Trinajstić information content (AvgIpc) is 3.43. The highest BCUT2D eigenvalue weighted by Crippen LogP contribution is 2.32. The van der Waals surface area contributed by atoms with Crippen molar-refractivity contribution < 1.29 is 9.53 Å². The standard InChI is InChI=1S/C19H30N4O2/c1-4-20-18(23(3)14-15-9-7-6-8-10-15)21-13-17(16-11-12-16)22-19(24)25-5-2/h6-10,16-17H,4-5,11-14H2,1-3H3,(H,20,21)(H,22,24). The number of aliphatic imine (C=N–C) groups is 1. The van der Waals surface area contributed by atoms with Crippen LogP contribution in [0.3, 0.4) is 0 Å². The van der Waals surface area contributed by atoms with Gasteiger partial charge in [0.15, 0.2) is 5.96 Å². The summed E-state index contributed by atoms with van der Waals surface area (Å²) in [5.41, 5.74) is 1.24. The summed E-state index contributed by atoms with van der Waals surface area (Å²) in [6.45, 7) is 6.40. The molecule has 2 rings (SSSR count). The van der Waals surface area contributed by atoms with Crippen molar-refractivity contribution in [1.82, 2.24) is 15.5 Å². The molecule has 0 saturated heterocycles. The molecule has 6 nitrogen and oxygen atoms in total. The Morgan fingerprint density at radius 1 is 1.32 bits per heavy atom. The summed E-state index contributed by atoms with van der Waals surface area (Å²) in [5.74, 6) is 1.36. The maximum absolute atomic E-state index is 11.7. The summed E-state index contributed by atoms with van der Waals surface area (Å²) >= 11 is 0. The third-order valence-corrected chi connectivity index (χ3v) is 4.17. The smallest absolute Gasteiger partial charge is 0.407 e. The van der Waals surface area contributed by atoms with E-state index < -0.39 is 0 Å². The topological polar surface area (TPSA) is 66.0 Å². The second-order valence-corrected chi connectivity index (χ2v) is 6.35. The van der Waals surface area contributed by atoms with Gasteiger partial charge in [-0.25, -0.2) is 4.79 Å². The third kappa shape index (κ3) is 6.64. The highest BCUT2D eigenvalue weighted by molar-refractivity contribution is 5.79. The fraction of sp³-hybridized carbons (Fsp3) is 0.579. The summed E-state index contributed by atoms with van der Waals surface area (Å²) in [7, 11) is 2.03. The summed E-state index contributed by atoms with van der Waals surface area (Å²) in [6.07, 6.45) is 1.93. The van der Waals surface area contributed by atoms with E-state index in [0.717, 1.165) is 31.9 Å². The Morgan fingerprint density at radius 2 is 2.04 bits per heavy atom. The Labute approximate surface area is 150 Å². The molecule has 0 aliphatic heterocycles. The quantitative estimate of drug-likeness (QED) is 0.561. The van der Waals surface area contributed by atoms with E-state index in [4.69, 9.17) is 9.73 Å². The van der Waals surface area contributed by atoms with Gasteiger partial charge in [0, 0.05) is 20.1 Å². The minimum absolute atomic E-state index is 0.0397. The van der Waals surface area contributed by atoms with Crippen molar-refractivity contribution >= 4 is 12.1 Å². The zero-order chi connectivity index (χ0) is 18.1. The SMILES string of the molecule is CCNC(=NCC(NC(=O)OCC)C1CC1)N(C)Cc1ccccc1. The molecular formula is C19H30N4O2. The van der Waals surface area contributed by atoms with Crippen LogP contribution >= 0.6 is 0 Å². The number of guanidine groups is 1. The molecule has 1 amide bonds. The second-order valence-electron chi connectivity index (χ2n) is 6.35. The van der Waals surface area contributed by atoms with E-state index in [1.165, 1.54) is 5.56 Å². The van der Waals surface area contributed by atoms with E-state index in [1.807, 2.05) is 32.2 Å². The normalized spacial score (nSPS) is 15.4. The zero-order valence-corrected chi connectivity index (χ0v) is 15.5. The fourth-order valence-corrected chi connectivity index (χ4v) is 2.72. The molecule has 0 spiro atoms. The van der Waals surface area contributed by atoms with E-state index in [9.17, 15) is 4.79 Å². The van der Waals surface area contributed by atoms with E-state index in [-0.39, 0.29) is 12.1 Å². The van der Waals surface area contributed by atoms with Gasteiger partial charge in [-0.05, 0) is 38.2 Å². The number of alkyl carbamates (subject to hydrolysis) is 1. The van der Waals surface area contributed by atoms with Crippen LogP contribution in [0.1, 0.15) is 32.3 Å². The molecule has 1 fully saturated rings. The van der Waals surface area contributed by atoms with Crippen molar-refractivity contribution in [3.8, 4) is 0 Å². The highest BCUT2D eigenvalue weighted by atomic mass is 16.5. The first kappa shape index (κ1) is 19.1. The van der Waals surface area contributed by atoms with E-state index in [2.05, 4.69) is 34.6 Å². The van der Waals surface area contributed by atoms with Crippen LogP contribution in [-0.4, -0.2) is 49.7 Å². The minimum atomic E-state index is -0.350. The summed E-state index contributed by atoms with van der Waals surface area (Å²) in [4.78, 5) is 18.6. The average molecular weight is 346 g/mol. The number of benzene rings is 1. The Kier molecular flexibility index (Phi) is 7.57. The van der Waals surface area contributed by atoms with Gasteiger partial charge in [-0.3, -0.25) is 4.99 Å². The molecule has 1 aromatic carbocycles. The van der Waals surface area contributed by atoms with Crippen LogP contribution in [-0.2, 0) is 11.3 Å². The van der Waals surface area contributed by atoms with Crippen molar-refractivity contribution in [3.05, 3.63) is 35.9 Å². The van der Waals surface area contributed by atoms with Crippen molar-refractivity contribution in [1.29, 1.82) is 0 Å². The molecule has 1 aliphatic carbocycles. The Hall–Kier alpha value is -2.24. The van der Waals surface area contributed by atoms with Crippen molar-refractivity contribution in [2.24, 2.45) is 10.9 Å². The lowest BCUT2D eigenvalue weighted by Gasteiger charge is -2.23. The maximum Gasteiger partial charge on any atom is 0.407 e. The second kappa shape index (κ2) is 9.91. The molecule has 1 saturated carbocycles. The van der Waals surface area contributed by atoms with E-state index in [1.54, 1.807) is 0 Å². The Bertz CT molecular complexity index is 558. The van der Waals surface area contributed by atoms with Gasteiger partial charge in [0.2, 0.25) is 0 Å². The van der Waals surface area contributed by atoms with Crippen LogP contribution in [0.25, 0.3) is 0 Å². The first-order chi connectivity index (χ1) is 12.1. The van der Waals surface area contributed by atoms with Gasteiger partial charge in [-0.1, -0.05) is 30.3 Å². The van der Waals surface area contributed by atoms with Gasteiger partial charge in [-0.2, -0.15) is 0 Å². The lowest BCUT2D eigenvalue weighted by molar-refractivity contribution is 0.147. The van der Waals surface area contributed by atoms with Crippen LogP contribution in [0.4, 0.5) is 4.79 Å². The molecule has 2 N–H and O–H groups in total. The van der Waals surface area contributed by atoms with Crippen LogP contribution in [0.2, 0.25) is 0 Å². The molecule has 1 unspecified atom stereocenters. The molecule has 0 radical (unpaired) electrons. The van der Waals surface area contributed by atoms with Gasteiger partial charge < -0.3 is 20.3 Å². The first-order valence-electron chi connectivity index (χ1n) is 9.10. The van der Waals surface area contributed by atoms with Crippen LogP contribution < -0.4 is 10.6 Å². The minimum Gasteiger partial charge on any atom is -0.450 e. The molecule has 25 heavy (non-hydrogen) atoms. The highest BCUT2D eigenvalue weighted by Gasteiger charge is 2.32. The molecule has 6 heteroatoms. The number of amides is 1. The van der Waals surface area contributed by atoms with Gasteiger partial charge in [-0.15, -0.1) is 0 Å². The molecule has 1 aromatic rings. The first-order valence-corrected chi connectivity index (χ1v) is 9.10. The zero-order valence-electron chi connectivity index (χ0n) is 15.5. The Morgan fingerprint density at radius 3 is 2.64 bits per heavy atom. The lowest BCUT2D eigenvalue weighted by Crippen LogP contribution is -2.42. The molecule has 0 heterocycles. The lowest BCUT2D eigenvalue weighted by atomic mass is 10.2. The summed E-state index contributed by atoms with van der Waals surface area (Å²) < 4.78 is 5.01. The van der Waals surface area contributed by atoms with Crippen molar-refractivity contribution in [3.63, 3.8) is 0 Å². The third-order valence-electron chi connectivity index (χ3n) is 4.17. The van der Waals surface area contributed by atoms with Crippen LogP contribution in [0, 0.1) is 5.92 Å². The molecular weight excluding hydrogens is 316 g/mol. The maximum atomic E-state index is 11.7. The van der Waals surface area contributed by atoms with Gasteiger partial charge in [0.1, 0.15) is 0 Å². The number of carbonyl (C=O) groups excluding carboxylic acids is 1. The molecule has 0 aromatic heterocycles. The van der Waals surface area contributed by atoms with Gasteiger partial charge in [0.05, 0.1) is 19.2 Å². The number of rotatable bonds is 8. The number of carbonyl (C=O) groups is 1. The number of nitrogens with one attached hydrogen (secondary N) is 2. The van der Waals surface area contributed by atoms with Gasteiger partial charge in [0.25, 0.3) is 0 Å². The van der Waals surface area contributed by atoms with Crippen LogP contribution in [0.5, 0.6) is 0 Å². The van der Waals surface area contributed by atoms with Crippen molar-refractivity contribution in [2.75, 3.05) is 26.7 Å². The molecule has 1 atom stereocenters. The number of hydrogen-bond acceptors (Lipinski definition) is 3. The fourth-order valence-electron chi connectivity index (χ4n) is 2.72. The van der Waals surface area contributed by atoms with Crippen molar-refractivity contribution in [2.45, 2.75) is 39.3 Å². The molecule has 138 valence electrons. The predicted molar refractivity (Wildman–Crippen MR) is 101 cm³/mol. The van der Waals surface area contributed by atoms with E-state index in [0.29, 0.717) is 19.1 Å². The van der Waals surface area contributed by atoms with Gasteiger partial charge >= 0.3 is 6.09 Å². The monoisotopic (exact) mass is 346 g/mol. The summed E-state index contributed by atoms with van der Waals surface area (Å²) in [6, 6.07) is 10.4. The molecule has 0 bridgehead atoms. The summed E-state index contributed by atoms with van der Waals surface area (Å²) in [5, 5.41) is 6.28. The number of nitrogens with zero attached hydrogens (tertiary/aromatic N) is 2. The largest absolute Gasteiger partial charge is 0.450 e. The predicted octanol–water partition coefficient (Wildman–Crippen LogP) is 2.61. The number of ether oxygens (including phenoxy) is 1. The van der Waals surface area contributed by atoms with E-state index >= 15 is 0 Å². The number of hydrogen-bond donors (Lipinski definition) is 2. The molecule has 1 aliphatic rings. The van der Waals surface area contributed by atoms with Crippen LogP contribution in [0.15, 0.2) is 35.3 Å². The Balaban J connectivity index is 1.97.